The number of hydrogen-bond acceptors (Lipinski definition) is 7. The lowest BCUT2D eigenvalue weighted by Crippen LogP contribution is -2.24. The maximum atomic E-state index is 12.3. The fraction of sp³-hybridized carbons (Fsp3) is 0.350. The summed E-state index contributed by atoms with van der Waals surface area (Å²) in [6, 6.07) is 7.71. The third kappa shape index (κ3) is 5.35. The first kappa shape index (κ1) is 19.5. The Kier molecular flexibility index (Phi) is 6.31. The third-order valence-electron chi connectivity index (χ3n) is 4.10. The van der Waals surface area contributed by atoms with Crippen molar-refractivity contribution in [2.24, 2.45) is 0 Å². The molecule has 0 radical (unpaired) electrons. The molecule has 3 aromatic rings. The molecule has 0 saturated heterocycles. The largest absolute Gasteiger partial charge is 0.367 e. The first-order chi connectivity index (χ1) is 13.5. The number of amides is 1. The van der Waals surface area contributed by atoms with Gasteiger partial charge in [0.25, 0.3) is 5.91 Å². The number of pyridine rings is 2. The summed E-state index contributed by atoms with van der Waals surface area (Å²) in [7, 11) is 0. The van der Waals surface area contributed by atoms with Gasteiger partial charge in [-0.1, -0.05) is 19.0 Å². The quantitative estimate of drug-likeness (QED) is 0.619. The summed E-state index contributed by atoms with van der Waals surface area (Å²) in [6.07, 6.45) is 5.97. The third-order valence-corrected chi connectivity index (χ3v) is 4.10. The summed E-state index contributed by atoms with van der Waals surface area (Å²) in [5.41, 5.74) is 1.67. The van der Waals surface area contributed by atoms with Crippen LogP contribution in [0, 0.1) is 0 Å². The van der Waals surface area contributed by atoms with E-state index in [1.807, 2.05) is 26.0 Å². The van der Waals surface area contributed by atoms with Gasteiger partial charge >= 0.3 is 0 Å². The maximum absolute atomic E-state index is 12.3. The van der Waals surface area contributed by atoms with Gasteiger partial charge in [-0.05, 0) is 43.2 Å². The molecule has 0 unspecified atom stereocenters. The molecule has 0 spiro atoms. The number of carbonyl (C=O) groups excluding carboxylic acids is 1. The number of rotatable bonds is 8. The van der Waals surface area contributed by atoms with E-state index < -0.39 is 0 Å². The molecule has 0 aliphatic rings. The van der Waals surface area contributed by atoms with Crippen LogP contribution in [0.1, 0.15) is 54.3 Å². The fourth-order valence-corrected chi connectivity index (χ4v) is 2.62. The van der Waals surface area contributed by atoms with Crippen molar-refractivity contribution in [3.05, 3.63) is 65.7 Å². The predicted octanol–water partition coefficient (Wildman–Crippen LogP) is 2.96. The second-order valence-corrected chi connectivity index (χ2v) is 6.92. The maximum Gasteiger partial charge on any atom is 0.253 e. The molecule has 8 nitrogen and oxygen atoms in total. The Balaban J connectivity index is 1.50. The number of hydrogen-bond donors (Lipinski definition) is 2. The monoisotopic (exact) mass is 380 g/mol. The molecule has 146 valence electrons. The molecule has 0 aliphatic heterocycles. The van der Waals surface area contributed by atoms with E-state index in [-0.39, 0.29) is 24.4 Å². The molecule has 1 amide bonds. The van der Waals surface area contributed by atoms with E-state index >= 15 is 0 Å². The lowest BCUT2D eigenvalue weighted by atomic mass is 10.1. The van der Waals surface area contributed by atoms with E-state index in [2.05, 4.69) is 37.7 Å². The summed E-state index contributed by atoms with van der Waals surface area (Å²) in [5, 5.41) is 9.96. The van der Waals surface area contributed by atoms with Crippen LogP contribution in [0.15, 0.2) is 47.4 Å². The van der Waals surface area contributed by atoms with E-state index in [1.54, 1.807) is 30.7 Å². The molecule has 3 aromatic heterocycles. The van der Waals surface area contributed by atoms with E-state index in [0.717, 1.165) is 12.2 Å². The molecule has 0 bridgehead atoms. The SMILES string of the molecule is CC(C)c1nc(CNC(=O)c2ccc(N[C@@H](C)Cc3ccncc3)nc2)no1. The van der Waals surface area contributed by atoms with Gasteiger partial charge in [0.05, 0.1) is 12.1 Å². The van der Waals surface area contributed by atoms with Gasteiger partial charge in [-0.15, -0.1) is 0 Å². The summed E-state index contributed by atoms with van der Waals surface area (Å²) < 4.78 is 5.12. The summed E-state index contributed by atoms with van der Waals surface area (Å²) in [6.45, 7) is 6.22. The number of anilines is 1. The molecule has 3 heterocycles. The van der Waals surface area contributed by atoms with Gasteiger partial charge in [0.2, 0.25) is 5.89 Å². The molecule has 0 saturated carbocycles. The molecule has 1 atom stereocenters. The number of aromatic nitrogens is 4. The van der Waals surface area contributed by atoms with Crippen LogP contribution >= 0.6 is 0 Å². The molecular weight excluding hydrogens is 356 g/mol. The Bertz CT molecular complexity index is 893. The second-order valence-electron chi connectivity index (χ2n) is 6.92. The fourth-order valence-electron chi connectivity index (χ4n) is 2.62. The van der Waals surface area contributed by atoms with Crippen LogP contribution in [0.25, 0.3) is 0 Å². The average Bonchev–Trinajstić information content (AvgIpc) is 3.17. The summed E-state index contributed by atoms with van der Waals surface area (Å²) >= 11 is 0. The van der Waals surface area contributed by atoms with Crippen LogP contribution < -0.4 is 10.6 Å². The molecule has 0 aliphatic carbocycles. The minimum atomic E-state index is -0.236. The first-order valence-electron chi connectivity index (χ1n) is 9.23. The zero-order chi connectivity index (χ0) is 19.9. The zero-order valence-electron chi connectivity index (χ0n) is 16.2. The highest BCUT2D eigenvalue weighted by atomic mass is 16.5. The second kappa shape index (κ2) is 9.07. The van der Waals surface area contributed by atoms with Crippen LogP contribution in [0.5, 0.6) is 0 Å². The minimum absolute atomic E-state index is 0.155. The summed E-state index contributed by atoms with van der Waals surface area (Å²) in [4.78, 5) is 24.9. The van der Waals surface area contributed by atoms with Crippen molar-refractivity contribution in [2.45, 2.75) is 45.7 Å². The topological polar surface area (TPSA) is 106 Å². The van der Waals surface area contributed by atoms with E-state index in [9.17, 15) is 4.79 Å². The van der Waals surface area contributed by atoms with Crippen LogP contribution in [-0.4, -0.2) is 32.1 Å². The van der Waals surface area contributed by atoms with Gasteiger partial charge in [0.15, 0.2) is 5.82 Å². The highest BCUT2D eigenvalue weighted by Crippen LogP contribution is 2.12. The predicted molar refractivity (Wildman–Crippen MR) is 105 cm³/mol. The lowest BCUT2D eigenvalue weighted by molar-refractivity contribution is 0.0949. The molecule has 8 heteroatoms. The molecule has 2 N–H and O–H groups in total. The normalized spacial score (nSPS) is 12.0. The molecule has 0 fully saturated rings. The standard InChI is InChI=1S/C20H24N6O2/c1-13(2)20-25-18(26-28-20)12-23-19(27)16-4-5-17(22-11-16)24-14(3)10-15-6-8-21-9-7-15/h4-9,11,13-14H,10,12H2,1-3H3,(H,22,24)(H,23,27)/t14-/m0/s1. The zero-order valence-corrected chi connectivity index (χ0v) is 16.2. The molecular formula is C20H24N6O2. The summed E-state index contributed by atoms with van der Waals surface area (Å²) in [5.74, 6) is 1.65. The molecule has 3 rings (SSSR count). The van der Waals surface area contributed by atoms with Crippen molar-refractivity contribution >= 4 is 11.7 Å². The van der Waals surface area contributed by atoms with Crippen LogP contribution in [-0.2, 0) is 13.0 Å². The highest BCUT2D eigenvalue weighted by molar-refractivity contribution is 5.93. The van der Waals surface area contributed by atoms with Crippen molar-refractivity contribution in [3.8, 4) is 0 Å². The van der Waals surface area contributed by atoms with Crippen molar-refractivity contribution in [3.63, 3.8) is 0 Å². The lowest BCUT2D eigenvalue weighted by Gasteiger charge is -2.14. The number of nitrogens with one attached hydrogen (secondary N) is 2. The highest BCUT2D eigenvalue weighted by Gasteiger charge is 2.12. The van der Waals surface area contributed by atoms with Crippen molar-refractivity contribution < 1.29 is 9.32 Å². The van der Waals surface area contributed by atoms with Gasteiger partial charge in [0, 0.05) is 30.6 Å². The van der Waals surface area contributed by atoms with Gasteiger partial charge in [0.1, 0.15) is 5.82 Å². The van der Waals surface area contributed by atoms with E-state index in [0.29, 0.717) is 17.3 Å². The number of nitrogens with zero attached hydrogens (tertiary/aromatic N) is 4. The smallest absolute Gasteiger partial charge is 0.253 e. The van der Waals surface area contributed by atoms with Crippen LogP contribution in [0.2, 0.25) is 0 Å². The van der Waals surface area contributed by atoms with Crippen molar-refractivity contribution in [1.29, 1.82) is 0 Å². The first-order valence-corrected chi connectivity index (χ1v) is 9.23. The number of carbonyl (C=O) groups is 1. The Labute approximate surface area is 163 Å². The average molecular weight is 380 g/mol. The Morgan fingerprint density at radius 2 is 1.93 bits per heavy atom. The van der Waals surface area contributed by atoms with E-state index in [1.165, 1.54) is 5.56 Å². The van der Waals surface area contributed by atoms with Crippen LogP contribution in [0.4, 0.5) is 5.82 Å². The molecule has 28 heavy (non-hydrogen) atoms. The Morgan fingerprint density at radius 1 is 1.14 bits per heavy atom. The van der Waals surface area contributed by atoms with Gasteiger partial charge in [-0.25, -0.2) is 4.98 Å². The van der Waals surface area contributed by atoms with Crippen molar-refractivity contribution in [1.82, 2.24) is 25.4 Å². The Hall–Kier alpha value is -3.29. The van der Waals surface area contributed by atoms with Gasteiger partial charge < -0.3 is 15.2 Å². The van der Waals surface area contributed by atoms with Gasteiger partial charge in [-0.3, -0.25) is 9.78 Å². The van der Waals surface area contributed by atoms with Crippen LogP contribution in [0.3, 0.4) is 0 Å². The molecule has 0 aromatic carbocycles. The Morgan fingerprint density at radius 3 is 2.57 bits per heavy atom. The minimum Gasteiger partial charge on any atom is -0.367 e. The van der Waals surface area contributed by atoms with Gasteiger partial charge in [-0.2, -0.15) is 4.98 Å². The van der Waals surface area contributed by atoms with E-state index in [4.69, 9.17) is 4.52 Å². The van der Waals surface area contributed by atoms with Crippen molar-refractivity contribution in [2.75, 3.05) is 5.32 Å².